The second-order valence-electron chi connectivity index (χ2n) is 6.58. The van der Waals surface area contributed by atoms with Crippen molar-refractivity contribution >= 4 is 27.7 Å². The van der Waals surface area contributed by atoms with Crippen molar-refractivity contribution in [3.05, 3.63) is 54.3 Å². The molecule has 0 aromatic heterocycles. The quantitative estimate of drug-likeness (QED) is 0.759. The van der Waals surface area contributed by atoms with Crippen LogP contribution in [0, 0.1) is 0 Å². The first-order valence-corrected chi connectivity index (χ1v) is 9.90. The van der Waals surface area contributed by atoms with Gasteiger partial charge in [0.2, 0.25) is 15.9 Å². The molecule has 1 atom stereocenters. The molecule has 0 saturated carbocycles. The maximum atomic E-state index is 12.8. The molecule has 9 heteroatoms. The summed E-state index contributed by atoms with van der Waals surface area (Å²) in [6.45, 7) is 2.05. The minimum atomic E-state index is -3.72. The third kappa shape index (κ3) is 3.99. The first-order chi connectivity index (χ1) is 12.7. The van der Waals surface area contributed by atoms with Gasteiger partial charge in [0, 0.05) is 12.7 Å². The van der Waals surface area contributed by atoms with Gasteiger partial charge in [0.25, 0.3) is 5.91 Å². The van der Waals surface area contributed by atoms with Gasteiger partial charge in [-0.1, -0.05) is 18.2 Å². The van der Waals surface area contributed by atoms with Crippen molar-refractivity contribution < 1.29 is 18.0 Å². The molecule has 2 heterocycles. The number of allylic oxidation sites excluding steroid dienone is 2. The number of rotatable bonds is 5. The van der Waals surface area contributed by atoms with Gasteiger partial charge in [-0.3, -0.25) is 9.59 Å². The Hall–Kier alpha value is -2.78. The first-order valence-electron chi connectivity index (χ1n) is 8.36. The highest BCUT2D eigenvalue weighted by Crippen LogP contribution is 2.28. The summed E-state index contributed by atoms with van der Waals surface area (Å²) in [5.41, 5.74) is -0.192. The number of nitrogens with one attached hydrogen (secondary N) is 1. The molecule has 1 unspecified atom stereocenters. The highest BCUT2D eigenvalue weighted by atomic mass is 32.2. The van der Waals surface area contributed by atoms with Gasteiger partial charge in [-0.2, -0.15) is 4.99 Å². The zero-order valence-electron chi connectivity index (χ0n) is 14.8. The molecular formula is C18H20N4O4S. The average molecular weight is 388 g/mol. The van der Waals surface area contributed by atoms with E-state index >= 15 is 0 Å². The van der Waals surface area contributed by atoms with Crippen LogP contribution in [0.4, 0.5) is 0 Å². The van der Waals surface area contributed by atoms with Crippen molar-refractivity contribution in [2.24, 2.45) is 10.1 Å². The molecule has 27 heavy (non-hydrogen) atoms. The molecule has 2 aliphatic heterocycles. The van der Waals surface area contributed by atoms with Gasteiger partial charge in [-0.05, 0) is 43.2 Å². The highest BCUT2D eigenvalue weighted by Gasteiger charge is 2.44. The minimum absolute atomic E-state index is 0.0103. The molecule has 2 aliphatic rings. The third-order valence-electron chi connectivity index (χ3n) is 4.55. The van der Waals surface area contributed by atoms with E-state index in [1.165, 1.54) is 12.1 Å². The van der Waals surface area contributed by atoms with Crippen molar-refractivity contribution in [3.8, 4) is 0 Å². The van der Waals surface area contributed by atoms with Crippen LogP contribution in [0.3, 0.4) is 0 Å². The molecule has 0 spiro atoms. The largest absolute Gasteiger partial charge is 0.354 e. The number of hydrogen-bond acceptors (Lipinski definition) is 5. The average Bonchev–Trinajstić information content (AvgIpc) is 2.61. The molecule has 0 bridgehead atoms. The van der Waals surface area contributed by atoms with Crippen LogP contribution in [0.2, 0.25) is 0 Å². The number of nitrogens with two attached hydrogens (primary N) is 1. The van der Waals surface area contributed by atoms with Crippen LogP contribution >= 0.6 is 0 Å². The molecule has 1 aromatic rings. The lowest BCUT2D eigenvalue weighted by molar-refractivity contribution is -0.134. The van der Waals surface area contributed by atoms with E-state index in [1.54, 1.807) is 48.4 Å². The second-order valence-corrected chi connectivity index (χ2v) is 8.14. The number of fused-ring (bicyclic) bond motifs is 1. The van der Waals surface area contributed by atoms with Gasteiger partial charge < -0.3 is 10.2 Å². The monoisotopic (exact) mass is 388 g/mol. The fraction of sp³-hybridized carbons (Fsp3) is 0.278. The normalized spacial score (nSPS) is 21.6. The van der Waals surface area contributed by atoms with Gasteiger partial charge in [-0.25, -0.2) is 13.6 Å². The summed E-state index contributed by atoms with van der Waals surface area (Å²) >= 11 is 0. The summed E-state index contributed by atoms with van der Waals surface area (Å²) in [6.07, 6.45) is 7.47. The van der Waals surface area contributed by atoms with Crippen LogP contribution in [0.25, 0.3) is 0 Å². The maximum absolute atomic E-state index is 12.8. The zero-order chi connectivity index (χ0) is 19.7. The molecule has 0 saturated heterocycles. The lowest BCUT2D eigenvalue weighted by Gasteiger charge is -2.41. The van der Waals surface area contributed by atoms with Crippen molar-refractivity contribution in [1.82, 2.24) is 10.2 Å². The smallest absolute Gasteiger partial charge is 0.250 e. The second kappa shape index (κ2) is 7.09. The van der Waals surface area contributed by atoms with Crippen molar-refractivity contribution in [3.63, 3.8) is 0 Å². The number of nitrogens with zero attached hydrogens (tertiary/aromatic N) is 2. The van der Waals surface area contributed by atoms with E-state index in [0.717, 1.165) is 5.56 Å². The van der Waals surface area contributed by atoms with E-state index in [9.17, 15) is 18.0 Å². The standard InChI is InChI=1S/C18H20N4O4S/c1-18(12-16(23)21-15-4-2-3-11-22(15)18)17(24)20-10-9-13-5-7-14(8-6-13)27(19,25)26/h2-8,11H,9-10,12H2,1H3,(H,20,24)(H2,19,25,26). The van der Waals surface area contributed by atoms with E-state index < -0.39 is 15.6 Å². The van der Waals surface area contributed by atoms with E-state index in [1.807, 2.05) is 0 Å². The predicted molar refractivity (Wildman–Crippen MR) is 100 cm³/mol. The fourth-order valence-corrected chi connectivity index (χ4v) is 3.55. The van der Waals surface area contributed by atoms with Gasteiger partial charge in [-0.15, -0.1) is 0 Å². The maximum Gasteiger partial charge on any atom is 0.250 e. The Bertz CT molecular complexity index is 964. The molecule has 0 radical (unpaired) electrons. The molecule has 2 amide bonds. The van der Waals surface area contributed by atoms with Gasteiger partial charge in [0.15, 0.2) is 0 Å². The Morgan fingerprint density at radius 1 is 1.30 bits per heavy atom. The highest BCUT2D eigenvalue weighted by molar-refractivity contribution is 7.89. The van der Waals surface area contributed by atoms with Crippen molar-refractivity contribution in [2.75, 3.05) is 6.54 Å². The number of carbonyl (C=O) groups excluding carboxylic acids is 2. The molecule has 3 rings (SSSR count). The molecule has 3 N–H and O–H groups in total. The number of benzene rings is 1. The summed E-state index contributed by atoms with van der Waals surface area (Å²) in [6, 6.07) is 6.17. The van der Waals surface area contributed by atoms with Crippen LogP contribution in [-0.2, 0) is 26.0 Å². The number of amidine groups is 1. The summed E-state index contributed by atoms with van der Waals surface area (Å²) in [7, 11) is -3.72. The van der Waals surface area contributed by atoms with Crippen LogP contribution < -0.4 is 10.5 Å². The van der Waals surface area contributed by atoms with E-state index in [0.29, 0.717) is 18.8 Å². The van der Waals surface area contributed by atoms with Crippen LogP contribution in [0.5, 0.6) is 0 Å². The SMILES string of the molecule is CC1(C(=O)NCCc2ccc(S(N)(=O)=O)cc2)CC(=O)N=C2C=CC=CN21. The van der Waals surface area contributed by atoms with Crippen LogP contribution in [-0.4, -0.2) is 43.1 Å². The summed E-state index contributed by atoms with van der Waals surface area (Å²) < 4.78 is 22.5. The van der Waals surface area contributed by atoms with E-state index in [4.69, 9.17) is 5.14 Å². The van der Waals surface area contributed by atoms with E-state index in [-0.39, 0.29) is 23.1 Å². The predicted octanol–water partition coefficient (Wildman–Crippen LogP) is 0.466. The Balaban J connectivity index is 1.64. The van der Waals surface area contributed by atoms with Crippen molar-refractivity contribution in [1.29, 1.82) is 0 Å². The van der Waals surface area contributed by atoms with Crippen molar-refractivity contribution in [2.45, 2.75) is 30.2 Å². The summed E-state index contributed by atoms with van der Waals surface area (Å²) in [5, 5.41) is 7.92. The molecule has 0 aliphatic carbocycles. The molecule has 1 aromatic carbocycles. The molecule has 0 fully saturated rings. The first kappa shape index (κ1) is 19.0. The van der Waals surface area contributed by atoms with Gasteiger partial charge in [0.1, 0.15) is 11.4 Å². The molecular weight excluding hydrogens is 368 g/mol. The lowest BCUT2D eigenvalue weighted by atomic mass is 9.91. The Labute approximate surface area is 157 Å². The Kier molecular flexibility index (Phi) is 4.99. The number of carbonyl (C=O) groups is 2. The van der Waals surface area contributed by atoms with Gasteiger partial charge in [0.05, 0.1) is 11.3 Å². The van der Waals surface area contributed by atoms with Crippen LogP contribution in [0.15, 0.2) is 58.6 Å². The van der Waals surface area contributed by atoms with Crippen LogP contribution in [0.1, 0.15) is 18.9 Å². The summed E-state index contributed by atoms with van der Waals surface area (Å²) in [4.78, 5) is 30.4. The number of sulfonamides is 1. The topological polar surface area (TPSA) is 122 Å². The third-order valence-corrected chi connectivity index (χ3v) is 5.47. The Morgan fingerprint density at radius 2 is 2.00 bits per heavy atom. The minimum Gasteiger partial charge on any atom is -0.354 e. The lowest BCUT2D eigenvalue weighted by Crippen LogP contribution is -2.60. The molecule has 142 valence electrons. The Morgan fingerprint density at radius 3 is 2.67 bits per heavy atom. The number of hydrogen-bond donors (Lipinski definition) is 2. The number of aliphatic imine (C=N–C) groups is 1. The molecule has 8 nitrogen and oxygen atoms in total. The number of amides is 2. The van der Waals surface area contributed by atoms with E-state index in [2.05, 4.69) is 10.3 Å². The zero-order valence-corrected chi connectivity index (χ0v) is 15.6. The number of primary sulfonamides is 1. The van der Waals surface area contributed by atoms with Gasteiger partial charge >= 0.3 is 0 Å². The fourth-order valence-electron chi connectivity index (χ4n) is 3.04. The summed E-state index contributed by atoms with van der Waals surface area (Å²) in [5.74, 6) is -0.160.